The van der Waals surface area contributed by atoms with Gasteiger partial charge < -0.3 is 14.1 Å². The molecule has 1 atom stereocenters. The van der Waals surface area contributed by atoms with E-state index in [1.807, 2.05) is 61.2 Å². The van der Waals surface area contributed by atoms with Crippen LogP contribution in [0.25, 0.3) is 0 Å². The quantitative estimate of drug-likeness (QED) is 0.496. The Kier molecular flexibility index (Phi) is 6.80. The van der Waals surface area contributed by atoms with Crippen LogP contribution in [-0.2, 0) is 20.9 Å². The first-order valence-electron chi connectivity index (χ1n) is 11.8. The number of benzene rings is 2. The standard InChI is InChI=1S/C27H32N3O3/c1-20-15-23(17-28)16-21(2)26(20)29-12-8-11-24(27(29)32)30(13-6-7-14-30)18-25(31)33-19-22-9-4-3-5-10-22/h3-5,9-10,15-16,24H,6-8,11-14,18-19H2,1-2H3/q+1. The van der Waals surface area contributed by atoms with Gasteiger partial charge in [0.25, 0.3) is 5.91 Å². The highest BCUT2D eigenvalue weighted by atomic mass is 16.5. The second-order valence-electron chi connectivity index (χ2n) is 9.40. The zero-order valence-corrected chi connectivity index (χ0v) is 19.5. The molecule has 2 aliphatic rings. The first kappa shape index (κ1) is 23.0. The molecule has 0 saturated carbocycles. The van der Waals surface area contributed by atoms with Crippen LogP contribution in [0.3, 0.4) is 0 Å². The Morgan fingerprint density at radius 2 is 1.79 bits per heavy atom. The zero-order chi connectivity index (χ0) is 23.4. The van der Waals surface area contributed by atoms with Crippen molar-refractivity contribution in [1.82, 2.24) is 0 Å². The Morgan fingerprint density at radius 3 is 2.42 bits per heavy atom. The summed E-state index contributed by atoms with van der Waals surface area (Å²) < 4.78 is 6.10. The fourth-order valence-electron chi connectivity index (χ4n) is 5.62. The Morgan fingerprint density at radius 1 is 1.12 bits per heavy atom. The van der Waals surface area contributed by atoms with Gasteiger partial charge in [-0.3, -0.25) is 4.79 Å². The lowest BCUT2D eigenvalue weighted by Crippen LogP contribution is -2.64. The molecule has 0 N–H and O–H groups in total. The van der Waals surface area contributed by atoms with E-state index in [9.17, 15) is 14.9 Å². The van der Waals surface area contributed by atoms with E-state index in [0.29, 0.717) is 16.6 Å². The van der Waals surface area contributed by atoms with Crippen molar-refractivity contribution in [3.05, 3.63) is 64.7 Å². The number of nitrogens with zero attached hydrogens (tertiary/aromatic N) is 3. The molecule has 1 amide bonds. The highest BCUT2D eigenvalue weighted by molar-refractivity contribution is 5.98. The molecule has 6 heteroatoms. The molecule has 0 aromatic heterocycles. The third-order valence-electron chi connectivity index (χ3n) is 7.11. The molecular formula is C27H32N3O3+. The number of carbonyl (C=O) groups is 2. The first-order valence-corrected chi connectivity index (χ1v) is 11.8. The minimum absolute atomic E-state index is 0.0925. The van der Waals surface area contributed by atoms with Crippen LogP contribution in [0, 0.1) is 25.2 Å². The summed E-state index contributed by atoms with van der Waals surface area (Å²) in [6, 6.07) is 15.3. The molecule has 2 saturated heterocycles. The zero-order valence-electron chi connectivity index (χ0n) is 19.5. The predicted octanol–water partition coefficient (Wildman–Crippen LogP) is 4.02. The Labute approximate surface area is 196 Å². The molecule has 2 heterocycles. The summed E-state index contributed by atoms with van der Waals surface area (Å²) >= 11 is 0. The summed E-state index contributed by atoms with van der Waals surface area (Å²) in [5, 5.41) is 9.28. The van der Waals surface area contributed by atoms with E-state index in [-0.39, 0.29) is 31.1 Å². The molecule has 2 fully saturated rings. The molecular weight excluding hydrogens is 414 g/mol. The van der Waals surface area contributed by atoms with E-state index in [1.165, 1.54) is 0 Å². The summed E-state index contributed by atoms with van der Waals surface area (Å²) in [6.45, 7) is 6.74. The number of aryl methyl sites for hydroxylation is 2. The van der Waals surface area contributed by atoms with Crippen LogP contribution < -0.4 is 4.90 Å². The van der Waals surface area contributed by atoms with Crippen LogP contribution in [0.5, 0.6) is 0 Å². The Bertz CT molecular complexity index is 1040. The van der Waals surface area contributed by atoms with E-state index in [2.05, 4.69) is 6.07 Å². The van der Waals surface area contributed by atoms with Gasteiger partial charge in [-0.2, -0.15) is 5.26 Å². The minimum Gasteiger partial charge on any atom is -0.457 e. The maximum atomic E-state index is 13.8. The monoisotopic (exact) mass is 446 g/mol. The molecule has 2 aliphatic heterocycles. The largest absolute Gasteiger partial charge is 0.457 e. The number of likely N-dealkylation sites (tertiary alicyclic amines) is 1. The van der Waals surface area contributed by atoms with Crippen molar-refractivity contribution < 1.29 is 18.8 Å². The van der Waals surface area contributed by atoms with Gasteiger partial charge in [-0.25, -0.2) is 4.79 Å². The molecule has 2 aromatic carbocycles. The van der Waals surface area contributed by atoms with Crippen LogP contribution >= 0.6 is 0 Å². The molecule has 0 aliphatic carbocycles. The number of piperidine rings is 1. The van der Waals surface area contributed by atoms with Crippen molar-refractivity contribution in [1.29, 1.82) is 5.26 Å². The predicted molar refractivity (Wildman–Crippen MR) is 126 cm³/mol. The van der Waals surface area contributed by atoms with Gasteiger partial charge in [-0.05, 0) is 49.1 Å². The van der Waals surface area contributed by atoms with Gasteiger partial charge in [0.15, 0.2) is 12.6 Å². The summed E-state index contributed by atoms with van der Waals surface area (Å²) in [7, 11) is 0. The van der Waals surface area contributed by atoms with Crippen LogP contribution in [-0.4, -0.2) is 48.6 Å². The van der Waals surface area contributed by atoms with Crippen molar-refractivity contribution in [2.24, 2.45) is 0 Å². The fraction of sp³-hybridized carbons (Fsp3) is 0.444. The second-order valence-corrected chi connectivity index (χ2v) is 9.40. The molecule has 0 radical (unpaired) electrons. The smallest absolute Gasteiger partial charge is 0.362 e. The number of amides is 1. The number of quaternary nitrogens is 1. The highest BCUT2D eigenvalue weighted by Gasteiger charge is 2.49. The minimum atomic E-state index is -0.239. The van der Waals surface area contributed by atoms with E-state index >= 15 is 0 Å². The maximum Gasteiger partial charge on any atom is 0.362 e. The van der Waals surface area contributed by atoms with E-state index in [0.717, 1.165) is 61.2 Å². The molecule has 6 nitrogen and oxygen atoms in total. The third-order valence-corrected chi connectivity index (χ3v) is 7.11. The van der Waals surface area contributed by atoms with Crippen molar-refractivity contribution in [2.45, 2.75) is 52.2 Å². The lowest BCUT2D eigenvalue weighted by molar-refractivity contribution is -0.925. The summed E-state index contributed by atoms with van der Waals surface area (Å²) in [5.74, 6) is -0.147. The Hall–Kier alpha value is -3.17. The normalized spacial score (nSPS) is 19.8. The average molecular weight is 447 g/mol. The van der Waals surface area contributed by atoms with Gasteiger partial charge in [0.05, 0.1) is 24.7 Å². The van der Waals surface area contributed by atoms with Crippen molar-refractivity contribution in [3.63, 3.8) is 0 Å². The van der Waals surface area contributed by atoms with Gasteiger partial charge in [0, 0.05) is 31.5 Å². The van der Waals surface area contributed by atoms with Gasteiger partial charge in [0.1, 0.15) is 6.61 Å². The summed E-state index contributed by atoms with van der Waals surface area (Å²) in [6.07, 6.45) is 3.72. The van der Waals surface area contributed by atoms with Crippen molar-refractivity contribution >= 4 is 17.6 Å². The molecule has 1 unspecified atom stereocenters. The van der Waals surface area contributed by atoms with E-state index < -0.39 is 0 Å². The molecule has 172 valence electrons. The van der Waals surface area contributed by atoms with Crippen LogP contribution in [0.15, 0.2) is 42.5 Å². The fourth-order valence-corrected chi connectivity index (χ4v) is 5.62. The number of hydrogen-bond donors (Lipinski definition) is 0. The number of hydrogen-bond acceptors (Lipinski definition) is 4. The molecule has 4 rings (SSSR count). The van der Waals surface area contributed by atoms with E-state index in [4.69, 9.17) is 4.74 Å². The number of ether oxygens (including phenoxy) is 1. The van der Waals surface area contributed by atoms with Crippen molar-refractivity contribution in [3.8, 4) is 6.07 Å². The SMILES string of the molecule is Cc1cc(C#N)cc(C)c1N1CCCC([N+]2(CC(=O)OCc3ccccc3)CCCC2)C1=O. The average Bonchev–Trinajstić information content (AvgIpc) is 3.28. The summed E-state index contributed by atoms with van der Waals surface area (Å²) in [4.78, 5) is 28.6. The number of esters is 1. The molecule has 33 heavy (non-hydrogen) atoms. The van der Waals surface area contributed by atoms with Gasteiger partial charge in [-0.1, -0.05) is 30.3 Å². The lowest BCUT2D eigenvalue weighted by atomic mass is 9.96. The Balaban J connectivity index is 1.53. The molecule has 2 aromatic rings. The van der Waals surface area contributed by atoms with Gasteiger partial charge in [-0.15, -0.1) is 0 Å². The number of anilines is 1. The van der Waals surface area contributed by atoms with Crippen LogP contribution in [0.4, 0.5) is 5.69 Å². The van der Waals surface area contributed by atoms with E-state index in [1.54, 1.807) is 0 Å². The van der Waals surface area contributed by atoms with Crippen molar-refractivity contribution in [2.75, 3.05) is 31.1 Å². The summed E-state index contributed by atoms with van der Waals surface area (Å²) in [5.41, 5.74) is 4.36. The van der Waals surface area contributed by atoms with Crippen LogP contribution in [0.2, 0.25) is 0 Å². The topological polar surface area (TPSA) is 70.4 Å². The lowest BCUT2D eigenvalue weighted by Gasteiger charge is -2.44. The maximum absolute atomic E-state index is 13.8. The second kappa shape index (κ2) is 9.76. The highest BCUT2D eigenvalue weighted by Crippen LogP contribution is 2.35. The number of rotatable bonds is 6. The number of carbonyl (C=O) groups excluding carboxylic acids is 2. The van der Waals surface area contributed by atoms with Crippen LogP contribution in [0.1, 0.15) is 47.9 Å². The third kappa shape index (κ3) is 4.79. The molecule has 0 spiro atoms. The number of nitriles is 1. The molecule has 0 bridgehead atoms. The van der Waals surface area contributed by atoms with Gasteiger partial charge >= 0.3 is 5.97 Å². The van der Waals surface area contributed by atoms with Gasteiger partial charge in [0.2, 0.25) is 0 Å². The first-order chi connectivity index (χ1) is 15.9.